The summed E-state index contributed by atoms with van der Waals surface area (Å²) in [6.07, 6.45) is 5.11. The van der Waals surface area contributed by atoms with E-state index in [1.807, 2.05) is 27.7 Å². The van der Waals surface area contributed by atoms with Gasteiger partial charge in [0.05, 0.1) is 10.8 Å². The fourth-order valence-electron chi connectivity index (χ4n) is 3.53. The van der Waals surface area contributed by atoms with Crippen molar-refractivity contribution in [2.75, 3.05) is 0 Å². The molecule has 8 heteroatoms. The van der Waals surface area contributed by atoms with E-state index < -0.39 is 22.8 Å². The Morgan fingerprint density at radius 1 is 0.605 bits per heavy atom. The quantitative estimate of drug-likeness (QED) is 0.265. The normalized spacial score (nSPS) is 11.1. The molecule has 0 aliphatic heterocycles. The summed E-state index contributed by atoms with van der Waals surface area (Å²) in [5.41, 5.74) is -1.67. The summed E-state index contributed by atoms with van der Waals surface area (Å²) < 4.78 is 0. The maximum atomic E-state index is 12.2. The lowest BCUT2D eigenvalue weighted by Gasteiger charge is -2.18. The van der Waals surface area contributed by atoms with Crippen LogP contribution in [0.1, 0.15) is 101 Å². The molecule has 0 aromatic carbocycles. The van der Waals surface area contributed by atoms with Gasteiger partial charge in [0.25, 0.3) is 0 Å². The van der Waals surface area contributed by atoms with Gasteiger partial charge in [0.15, 0.2) is 10.9 Å². The Balaban J connectivity index is 0.00000326. The Morgan fingerprint density at radius 2 is 0.868 bits per heavy atom. The molecule has 2 heterocycles. The monoisotopic (exact) mass is 566 g/mol. The number of carboxylic acid groups (broad SMARTS) is 2. The number of hydrogen-bond donors (Lipinski definition) is 2. The zero-order valence-corrected chi connectivity index (χ0v) is 25.9. The van der Waals surface area contributed by atoms with Crippen LogP contribution in [0.4, 0.5) is 0 Å². The minimum Gasteiger partial charge on any atom is -0.481 e. The van der Waals surface area contributed by atoms with Crippen LogP contribution < -0.4 is 10.9 Å². The van der Waals surface area contributed by atoms with Gasteiger partial charge in [-0.15, -0.1) is 22.7 Å². The fourth-order valence-corrected chi connectivity index (χ4v) is 5.81. The highest BCUT2D eigenvalue weighted by Crippen LogP contribution is 2.26. The molecule has 0 aliphatic carbocycles. The second kappa shape index (κ2) is 17.3. The number of aliphatic carboxylic acids is 2. The maximum Gasteiger partial charge on any atom is 0.309 e. The van der Waals surface area contributed by atoms with E-state index in [0.29, 0.717) is 51.4 Å². The molecule has 6 nitrogen and oxygen atoms in total. The molecular formula is C30H46O6S2. The molecule has 38 heavy (non-hydrogen) atoms. The highest BCUT2D eigenvalue weighted by Gasteiger charge is 2.27. The Labute approximate surface area is 235 Å². The summed E-state index contributed by atoms with van der Waals surface area (Å²) in [6.45, 7) is 14.8. The van der Waals surface area contributed by atoms with Crippen LogP contribution in [0.3, 0.4) is 0 Å². The lowest BCUT2D eigenvalue weighted by atomic mass is 9.87. The lowest BCUT2D eigenvalue weighted by Crippen LogP contribution is -2.23. The van der Waals surface area contributed by atoms with Crippen molar-refractivity contribution in [3.63, 3.8) is 0 Å². The molecule has 2 aromatic heterocycles. The predicted octanol–water partition coefficient (Wildman–Crippen LogP) is 7.23. The van der Waals surface area contributed by atoms with Crippen LogP contribution >= 0.6 is 22.7 Å². The van der Waals surface area contributed by atoms with Crippen LogP contribution in [0.25, 0.3) is 0 Å². The number of carboxylic acids is 2. The highest BCUT2D eigenvalue weighted by molar-refractivity contribution is 7.12. The number of carbonyl (C=O) groups is 2. The third kappa shape index (κ3) is 13.0. The average Bonchev–Trinajstić information content (AvgIpc) is 2.84. The number of hydrogen-bond acceptors (Lipinski definition) is 6. The fraction of sp³-hybridized carbons (Fsp3) is 0.600. The van der Waals surface area contributed by atoms with Crippen LogP contribution in [-0.4, -0.2) is 22.2 Å². The Bertz CT molecular complexity index is 1040. The van der Waals surface area contributed by atoms with Crippen molar-refractivity contribution in [3.8, 4) is 0 Å². The molecule has 214 valence electrons. The summed E-state index contributed by atoms with van der Waals surface area (Å²) in [5.74, 6) is -1.64. The van der Waals surface area contributed by atoms with E-state index >= 15 is 0 Å². The standard InChI is InChI=1S/C26H34O6S2.2C2H6/c1-25(2,23(29)30)11-5-7-19-13-17(27)15-21(33-19)9-10-22-16-18(28)14-20(34-22)8-6-12-26(3,4)24(31)32;2*1-2/h13-16H,5-12H2,1-4H3,(H,29,30)(H,31,32);2*1-2H3. The molecule has 0 fully saturated rings. The van der Waals surface area contributed by atoms with Gasteiger partial charge in [-0.25, -0.2) is 0 Å². The predicted molar refractivity (Wildman–Crippen MR) is 160 cm³/mol. The van der Waals surface area contributed by atoms with Crippen LogP contribution in [-0.2, 0) is 35.3 Å². The summed E-state index contributed by atoms with van der Waals surface area (Å²) in [5, 5.41) is 18.5. The Kier molecular flexibility index (Phi) is 16.2. The minimum absolute atomic E-state index is 0.0516. The molecule has 0 saturated heterocycles. The van der Waals surface area contributed by atoms with Gasteiger partial charge in [-0.2, -0.15) is 0 Å². The van der Waals surface area contributed by atoms with Crippen molar-refractivity contribution in [2.45, 2.75) is 107 Å². The molecule has 0 amide bonds. The molecule has 0 bridgehead atoms. The first kappa shape index (κ1) is 35.7. The van der Waals surface area contributed by atoms with Crippen LogP contribution in [0.2, 0.25) is 0 Å². The molecule has 0 aliphatic rings. The van der Waals surface area contributed by atoms with Gasteiger partial charge in [-0.1, -0.05) is 27.7 Å². The van der Waals surface area contributed by atoms with E-state index in [9.17, 15) is 29.4 Å². The van der Waals surface area contributed by atoms with Crippen molar-refractivity contribution >= 4 is 34.6 Å². The van der Waals surface area contributed by atoms with E-state index in [0.717, 1.165) is 19.5 Å². The van der Waals surface area contributed by atoms with Crippen LogP contribution in [0, 0.1) is 10.8 Å². The third-order valence-electron chi connectivity index (χ3n) is 5.96. The topological polar surface area (TPSA) is 109 Å². The lowest BCUT2D eigenvalue weighted by molar-refractivity contribution is -0.148. The van der Waals surface area contributed by atoms with E-state index in [-0.39, 0.29) is 10.9 Å². The van der Waals surface area contributed by atoms with Crippen molar-refractivity contribution in [1.29, 1.82) is 0 Å². The second-order valence-corrected chi connectivity index (χ2v) is 12.5. The molecule has 0 spiro atoms. The summed E-state index contributed by atoms with van der Waals surface area (Å²) in [4.78, 5) is 50.7. The third-order valence-corrected chi connectivity index (χ3v) is 8.30. The van der Waals surface area contributed by atoms with Crippen molar-refractivity contribution < 1.29 is 19.8 Å². The largest absolute Gasteiger partial charge is 0.481 e. The summed E-state index contributed by atoms with van der Waals surface area (Å²) >= 11 is 3.13. The van der Waals surface area contributed by atoms with E-state index in [1.54, 1.807) is 74.6 Å². The molecule has 2 aromatic rings. The molecule has 0 radical (unpaired) electrons. The first-order valence-electron chi connectivity index (χ1n) is 13.5. The number of aryl methyl sites for hydroxylation is 4. The first-order chi connectivity index (χ1) is 17.8. The van der Waals surface area contributed by atoms with Gasteiger partial charge < -0.3 is 10.2 Å². The van der Waals surface area contributed by atoms with Gasteiger partial charge in [0.2, 0.25) is 0 Å². The highest BCUT2D eigenvalue weighted by atomic mass is 32.1. The van der Waals surface area contributed by atoms with Crippen LogP contribution in [0.5, 0.6) is 0 Å². The van der Waals surface area contributed by atoms with Crippen molar-refractivity contribution in [1.82, 2.24) is 0 Å². The molecule has 0 unspecified atom stereocenters. The van der Waals surface area contributed by atoms with Gasteiger partial charge in [-0.3, -0.25) is 19.2 Å². The molecule has 2 rings (SSSR count). The molecule has 2 N–H and O–H groups in total. The zero-order chi connectivity index (χ0) is 29.5. The van der Waals surface area contributed by atoms with Crippen LogP contribution in [0.15, 0.2) is 33.9 Å². The number of rotatable bonds is 13. The van der Waals surface area contributed by atoms with Gasteiger partial charge in [-0.05, 0) is 103 Å². The molecular weight excluding hydrogens is 520 g/mol. The Morgan fingerprint density at radius 3 is 1.13 bits per heavy atom. The van der Waals surface area contributed by atoms with Gasteiger partial charge >= 0.3 is 11.9 Å². The van der Waals surface area contributed by atoms with Gasteiger partial charge in [0, 0.05) is 19.5 Å². The first-order valence-corrected chi connectivity index (χ1v) is 15.1. The molecule has 0 saturated carbocycles. The van der Waals surface area contributed by atoms with Gasteiger partial charge in [0.1, 0.15) is 0 Å². The zero-order valence-electron chi connectivity index (χ0n) is 24.3. The van der Waals surface area contributed by atoms with Crippen molar-refractivity contribution in [3.05, 3.63) is 64.2 Å². The second-order valence-electron chi connectivity index (χ2n) is 10.0. The Hall–Kier alpha value is -2.32. The summed E-state index contributed by atoms with van der Waals surface area (Å²) in [7, 11) is 0. The smallest absolute Gasteiger partial charge is 0.309 e. The summed E-state index contributed by atoms with van der Waals surface area (Å²) in [6, 6.07) is 6.52. The maximum absolute atomic E-state index is 12.2. The average molecular weight is 567 g/mol. The molecule has 0 atom stereocenters. The SMILES string of the molecule is CC.CC.CC(C)(CCCc1cc(=O)cc(CCc2cc(=O)cc(CCCC(C)(C)C(=O)O)s2)s1)C(=O)O. The van der Waals surface area contributed by atoms with Crippen molar-refractivity contribution in [2.24, 2.45) is 10.8 Å². The van der Waals surface area contributed by atoms with E-state index in [4.69, 9.17) is 0 Å². The van der Waals surface area contributed by atoms with E-state index in [1.165, 1.54) is 0 Å². The minimum atomic E-state index is -0.818. The van der Waals surface area contributed by atoms with E-state index in [2.05, 4.69) is 0 Å².